The Kier molecular flexibility index (Phi) is 4.31. The van der Waals surface area contributed by atoms with Crippen LogP contribution in [0.25, 0.3) is 0 Å². The molecular formula is C19H26N2O3. The third kappa shape index (κ3) is 3.20. The molecule has 2 aliphatic heterocycles. The highest BCUT2D eigenvalue weighted by atomic mass is 16.5. The first-order valence-corrected chi connectivity index (χ1v) is 9.11. The van der Waals surface area contributed by atoms with Gasteiger partial charge in [0.15, 0.2) is 0 Å². The summed E-state index contributed by atoms with van der Waals surface area (Å²) in [6, 6.07) is 5.59. The number of pyridine rings is 1. The van der Waals surface area contributed by atoms with Gasteiger partial charge in [0.2, 0.25) is 0 Å². The predicted octanol–water partition coefficient (Wildman–Crippen LogP) is 2.44. The largest absolute Gasteiger partial charge is 0.381 e. The average molecular weight is 330 g/mol. The average Bonchev–Trinajstić information content (AvgIpc) is 3.27. The Labute approximate surface area is 143 Å². The maximum Gasteiger partial charge on any atom is 0.272 e. The Morgan fingerprint density at radius 2 is 2.21 bits per heavy atom. The van der Waals surface area contributed by atoms with E-state index in [0.717, 1.165) is 44.3 Å². The van der Waals surface area contributed by atoms with E-state index in [-0.39, 0.29) is 11.5 Å². The van der Waals surface area contributed by atoms with Crippen molar-refractivity contribution in [3.8, 4) is 0 Å². The summed E-state index contributed by atoms with van der Waals surface area (Å²) >= 11 is 0. The Morgan fingerprint density at radius 3 is 2.96 bits per heavy atom. The van der Waals surface area contributed by atoms with Gasteiger partial charge in [-0.15, -0.1) is 0 Å². The minimum atomic E-state index is -0.136. The first kappa shape index (κ1) is 16.0. The number of carbonyl (C=O) groups excluding carboxylic acids is 1. The zero-order valence-corrected chi connectivity index (χ0v) is 14.4. The number of hydrogen-bond acceptors (Lipinski definition) is 4. The van der Waals surface area contributed by atoms with Crippen molar-refractivity contribution in [1.29, 1.82) is 0 Å². The van der Waals surface area contributed by atoms with Crippen molar-refractivity contribution in [3.63, 3.8) is 0 Å². The predicted molar refractivity (Wildman–Crippen MR) is 89.8 cm³/mol. The first-order valence-electron chi connectivity index (χ1n) is 9.11. The molecule has 1 aromatic heterocycles. The second-order valence-electron chi connectivity index (χ2n) is 7.53. The Hall–Kier alpha value is -1.46. The maximum absolute atomic E-state index is 12.6. The molecule has 0 aromatic carbocycles. The monoisotopic (exact) mass is 330 g/mol. The van der Waals surface area contributed by atoms with Crippen molar-refractivity contribution in [1.82, 2.24) is 9.88 Å². The highest BCUT2D eigenvalue weighted by molar-refractivity contribution is 5.93. The van der Waals surface area contributed by atoms with Gasteiger partial charge < -0.3 is 14.4 Å². The molecule has 0 bridgehead atoms. The van der Waals surface area contributed by atoms with E-state index in [0.29, 0.717) is 24.7 Å². The molecule has 0 N–H and O–H groups in total. The summed E-state index contributed by atoms with van der Waals surface area (Å²) in [5.41, 5.74) is 1.27. The molecule has 1 amide bonds. The van der Waals surface area contributed by atoms with Crippen LogP contribution in [0.15, 0.2) is 18.2 Å². The molecule has 24 heavy (non-hydrogen) atoms. The van der Waals surface area contributed by atoms with Gasteiger partial charge >= 0.3 is 0 Å². The second-order valence-corrected chi connectivity index (χ2v) is 7.53. The molecular weight excluding hydrogens is 304 g/mol. The van der Waals surface area contributed by atoms with E-state index in [2.05, 4.69) is 4.98 Å². The number of aryl methyl sites for hydroxylation is 1. The standard InChI is InChI=1S/C19H26N2O3/c1-14-3-2-4-17(20-14)18(22)21-12-19(13-21)16(8-10-24-19)7-9-23-11-15-5-6-15/h2-4,15-16H,5-13H2,1H3/t16-/m0/s1. The van der Waals surface area contributed by atoms with Crippen LogP contribution in [0.1, 0.15) is 41.9 Å². The fraction of sp³-hybridized carbons (Fsp3) is 0.684. The van der Waals surface area contributed by atoms with Crippen LogP contribution in [-0.2, 0) is 9.47 Å². The van der Waals surface area contributed by atoms with Crippen molar-refractivity contribution < 1.29 is 14.3 Å². The lowest BCUT2D eigenvalue weighted by atomic mass is 9.79. The van der Waals surface area contributed by atoms with E-state index in [4.69, 9.17) is 9.47 Å². The first-order chi connectivity index (χ1) is 11.7. The molecule has 1 atom stereocenters. The van der Waals surface area contributed by atoms with Gasteiger partial charge in [-0.25, -0.2) is 4.98 Å². The van der Waals surface area contributed by atoms with Crippen molar-refractivity contribution in [2.75, 3.05) is 32.9 Å². The van der Waals surface area contributed by atoms with E-state index in [1.807, 2.05) is 24.0 Å². The molecule has 3 heterocycles. The van der Waals surface area contributed by atoms with Crippen molar-refractivity contribution in [2.24, 2.45) is 11.8 Å². The molecule has 5 heteroatoms. The number of amides is 1. The molecule has 2 saturated heterocycles. The molecule has 0 unspecified atom stereocenters. The summed E-state index contributed by atoms with van der Waals surface area (Å²) in [5, 5.41) is 0. The number of ether oxygens (including phenoxy) is 2. The van der Waals surface area contributed by atoms with Crippen LogP contribution in [0.2, 0.25) is 0 Å². The summed E-state index contributed by atoms with van der Waals surface area (Å²) in [7, 11) is 0. The third-order valence-electron chi connectivity index (χ3n) is 5.57. The Morgan fingerprint density at radius 1 is 1.38 bits per heavy atom. The van der Waals surface area contributed by atoms with Crippen LogP contribution < -0.4 is 0 Å². The van der Waals surface area contributed by atoms with Gasteiger partial charge in [0, 0.05) is 25.5 Å². The number of nitrogens with zero attached hydrogens (tertiary/aromatic N) is 2. The lowest BCUT2D eigenvalue weighted by molar-refractivity contribution is -0.120. The zero-order chi connectivity index (χ0) is 16.6. The van der Waals surface area contributed by atoms with Crippen LogP contribution in [-0.4, -0.2) is 54.3 Å². The minimum Gasteiger partial charge on any atom is -0.381 e. The van der Waals surface area contributed by atoms with E-state index < -0.39 is 0 Å². The molecule has 0 radical (unpaired) electrons. The number of likely N-dealkylation sites (tertiary alicyclic amines) is 1. The fourth-order valence-corrected chi connectivity index (χ4v) is 3.87. The van der Waals surface area contributed by atoms with Gasteiger partial charge in [0.25, 0.3) is 5.91 Å². The van der Waals surface area contributed by atoms with Gasteiger partial charge in [-0.2, -0.15) is 0 Å². The molecule has 1 aromatic rings. The lowest BCUT2D eigenvalue weighted by Gasteiger charge is -2.50. The number of rotatable bonds is 6. The van der Waals surface area contributed by atoms with Crippen LogP contribution in [0, 0.1) is 18.8 Å². The lowest BCUT2D eigenvalue weighted by Crippen LogP contribution is -2.66. The van der Waals surface area contributed by atoms with E-state index >= 15 is 0 Å². The minimum absolute atomic E-state index is 0.0172. The summed E-state index contributed by atoms with van der Waals surface area (Å²) in [6.07, 6.45) is 4.79. The summed E-state index contributed by atoms with van der Waals surface area (Å²) < 4.78 is 11.8. The molecule has 3 fully saturated rings. The van der Waals surface area contributed by atoms with Gasteiger partial charge in [0.1, 0.15) is 11.3 Å². The fourth-order valence-electron chi connectivity index (χ4n) is 3.87. The summed E-state index contributed by atoms with van der Waals surface area (Å²) in [4.78, 5) is 18.8. The molecule has 4 rings (SSSR count). The topological polar surface area (TPSA) is 51.7 Å². The SMILES string of the molecule is Cc1cccc(C(=O)N2CC3(C2)OCC[C@@H]3CCOCC2CC2)n1. The molecule has 1 saturated carbocycles. The molecule has 5 nitrogen and oxygen atoms in total. The van der Waals surface area contributed by atoms with E-state index in [1.165, 1.54) is 12.8 Å². The van der Waals surface area contributed by atoms with Crippen LogP contribution in [0.4, 0.5) is 0 Å². The van der Waals surface area contributed by atoms with E-state index in [9.17, 15) is 4.79 Å². The van der Waals surface area contributed by atoms with Crippen LogP contribution in [0.5, 0.6) is 0 Å². The van der Waals surface area contributed by atoms with Crippen LogP contribution >= 0.6 is 0 Å². The number of aromatic nitrogens is 1. The normalized spacial score (nSPS) is 25.0. The summed E-state index contributed by atoms with van der Waals surface area (Å²) in [6.45, 7) is 5.83. The Bertz CT molecular complexity index is 608. The van der Waals surface area contributed by atoms with Crippen LogP contribution in [0.3, 0.4) is 0 Å². The third-order valence-corrected chi connectivity index (χ3v) is 5.57. The van der Waals surface area contributed by atoms with Crippen molar-refractivity contribution in [2.45, 2.75) is 38.2 Å². The zero-order valence-electron chi connectivity index (χ0n) is 14.4. The number of carbonyl (C=O) groups is 1. The highest BCUT2D eigenvalue weighted by Crippen LogP contribution is 2.42. The quantitative estimate of drug-likeness (QED) is 0.752. The molecule has 1 spiro atoms. The highest BCUT2D eigenvalue weighted by Gasteiger charge is 2.54. The smallest absolute Gasteiger partial charge is 0.272 e. The maximum atomic E-state index is 12.6. The molecule has 130 valence electrons. The molecule has 3 aliphatic rings. The van der Waals surface area contributed by atoms with Gasteiger partial charge in [-0.3, -0.25) is 4.79 Å². The van der Waals surface area contributed by atoms with Gasteiger partial charge in [-0.1, -0.05) is 6.07 Å². The summed E-state index contributed by atoms with van der Waals surface area (Å²) in [5.74, 6) is 1.34. The van der Waals surface area contributed by atoms with Gasteiger partial charge in [0.05, 0.1) is 13.1 Å². The second kappa shape index (κ2) is 6.45. The van der Waals surface area contributed by atoms with E-state index in [1.54, 1.807) is 6.07 Å². The van der Waals surface area contributed by atoms with Gasteiger partial charge in [-0.05, 0) is 56.6 Å². The van der Waals surface area contributed by atoms with Crippen molar-refractivity contribution >= 4 is 5.91 Å². The molecule has 1 aliphatic carbocycles. The number of hydrogen-bond donors (Lipinski definition) is 0. The van der Waals surface area contributed by atoms with Crippen molar-refractivity contribution in [3.05, 3.63) is 29.6 Å². The Balaban J connectivity index is 1.29.